The number of carbonyl (C=O) groups excluding carboxylic acids is 1. The van der Waals surface area contributed by atoms with E-state index in [9.17, 15) is 4.79 Å². The molecule has 0 radical (unpaired) electrons. The summed E-state index contributed by atoms with van der Waals surface area (Å²) in [5.74, 6) is 1.47. The predicted molar refractivity (Wildman–Crippen MR) is 107 cm³/mol. The lowest BCUT2D eigenvalue weighted by Crippen LogP contribution is -2.25. The number of fused-ring (bicyclic) bond motifs is 2. The number of carbonyl (C=O) groups is 1. The molecule has 1 amide bonds. The Morgan fingerprint density at radius 1 is 1.21 bits per heavy atom. The number of aromatic nitrogens is 3. The van der Waals surface area contributed by atoms with Gasteiger partial charge in [0, 0.05) is 36.7 Å². The minimum Gasteiger partial charge on any atom is -0.496 e. The summed E-state index contributed by atoms with van der Waals surface area (Å²) < 4.78 is 7.49. The van der Waals surface area contributed by atoms with Gasteiger partial charge in [-0.2, -0.15) is 5.10 Å². The van der Waals surface area contributed by atoms with E-state index < -0.39 is 0 Å². The molecule has 6 nitrogen and oxygen atoms in total. The molecule has 0 fully saturated rings. The van der Waals surface area contributed by atoms with Crippen molar-refractivity contribution in [3.05, 3.63) is 58.8 Å². The normalized spacial score (nSPS) is 17.8. The number of rotatable bonds is 3. The van der Waals surface area contributed by atoms with E-state index in [-0.39, 0.29) is 11.8 Å². The Bertz CT molecular complexity index is 1070. The number of hydrogen-bond acceptors (Lipinski definition) is 4. The van der Waals surface area contributed by atoms with E-state index in [1.54, 1.807) is 18.0 Å². The first-order chi connectivity index (χ1) is 13.7. The molecule has 3 heterocycles. The second-order valence-corrected chi connectivity index (χ2v) is 7.47. The molecule has 0 saturated heterocycles. The monoisotopic (exact) mass is 374 g/mol. The quantitative estimate of drug-likeness (QED) is 0.762. The van der Waals surface area contributed by atoms with Gasteiger partial charge >= 0.3 is 0 Å². The summed E-state index contributed by atoms with van der Waals surface area (Å²) >= 11 is 0. The number of hydrogen-bond donors (Lipinski definition) is 1. The fourth-order valence-electron chi connectivity index (χ4n) is 4.52. The molecule has 1 atom stereocenters. The zero-order chi connectivity index (χ0) is 19.3. The minimum atomic E-state index is -0.115. The van der Waals surface area contributed by atoms with Crippen molar-refractivity contribution in [2.45, 2.75) is 31.6 Å². The van der Waals surface area contributed by atoms with E-state index in [1.807, 2.05) is 25.2 Å². The van der Waals surface area contributed by atoms with Gasteiger partial charge in [0.15, 0.2) is 0 Å². The van der Waals surface area contributed by atoms with Crippen LogP contribution in [0.4, 0.5) is 5.82 Å². The standard InChI is InChI=1S/C22H22N4O2/c1-26-22-20(21(25-26)17-8-3-4-9-23-17)16(12-19(27)24-22)15-10-13-6-5-7-14(13)11-18(15)28-2/h3-4,8-11,16H,5-7,12H2,1-2H3,(H,24,27)/t16-/m1/s1. The zero-order valence-electron chi connectivity index (χ0n) is 16.0. The highest BCUT2D eigenvalue weighted by molar-refractivity contribution is 5.96. The molecule has 1 N–H and O–H groups in total. The Balaban J connectivity index is 1.73. The molecule has 1 aliphatic carbocycles. The summed E-state index contributed by atoms with van der Waals surface area (Å²) in [6.07, 6.45) is 5.48. The average Bonchev–Trinajstić information content (AvgIpc) is 3.31. The van der Waals surface area contributed by atoms with Crippen LogP contribution in [0.3, 0.4) is 0 Å². The molecule has 0 unspecified atom stereocenters. The maximum absolute atomic E-state index is 12.5. The van der Waals surface area contributed by atoms with Crippen molar-refractivity contribution in [2.24, 2.45) is 7.05 Å². The van der Waals surface area contributed by atoms with Crippen LogP contribution >= 0.6 is 0 Å². The van der Waals surface area contributed by atoms with Crippen LogP contribution < -0.4 is 10.1 Å². The molecule has 0 bridgehead atoms. The molecule has 142 valence electrons. The molecule has 28 heavy (non-hydrogen) atoms. The topological polar surface area (TPSA) is 69.0 Å². The highest BCUT2D eigenvalue weighted by atomic mass is 16.5. The summed E-state index contributed by atoms with van der Waals surface area (Å²) in [6, 6.07) is 10.2. The van der Waals surface area contributed by atoms with Crippen molar-refractivity contribution in [3.63, 3.8) is 0 Å². The first-order valence-electron chi connectivity index (χ1n) is 9.63. The number of methoxy groups -OCH3 is 1. The first kappa shape index (κ1) is 17.0. The molecule has 6 heteroatoms. The Morgan fingerprint density at radius 3 is 2.79 bits per heavy atom. The summed E-state index contributed by atoms with van der Waals surface area (Å²) in [4.78, 5) is 17.0. The van der Waals surface area contributed by atoms with Crippen molar-refractivity contribution in [1.29, 1.82) is 0 Å². The van der Waals surface area contributed by atoms with Gasteiger partial charge in [0.05, 0.1) is 12.8 Å². The molecular formula is C22H22N4O2. The van der Waals surface area contributed by atoms with E-state index >= 15 is 0 Å². The van der Waals surface area contributed by atoms with Crippen LogP contribution in [0.25, 0.3) is 11.4 Å². The van der Waals surface area contributed by atoms with E-state index in [4.69, 9.17) is 9.84 Å². The number of ether oxygens (including phenoxy) is 1. The summed E-state index contributed by atoms with van der Waals surface area (Å²) in [7, 11) is 3.56. The summed E-state index contributed by atoms with van der Waals surface area (Å²) in [5, 5.41) is 7.70. The van der Waals surface area contributed by atoms with Crippen LogP contribution in [-0.4, -0.2) is 27.8 Å². The fraction of sp³-hybridized carbons (Fsp3) is 0.318. The van der Waals surface area contributed by atoms with Crippen LogP contribution in [0.1, 0.15) is 41.0 Å². The van der Waals surface area contributed by atoms with Gasteiger partial charge in [-0.1, -0.05) is 12.1 Å². The molecule has 2 aromatic heterocycles. The molecule has 1 aromatic carbocycles. The Labute approximate surface area is 163 Å². The number of pyridine rings is 1. The first-order valence-corrected chi connectivity index (χ1v) is 9.63. The van der Waals surface area contributed by atoms with Gasteiger partial charge in [0.25, 0.3) is 0 Å². The van der Waals surface area contributed by atoms with Crippen molar-refractivity contribution >= 4 is 11.7 Å². The predicted octanol–water partition coefficient (Wildman–Crippen LogP) is 3.45. The van der Waals surface area contributed by atoms with E-state index in [2.05, 4.69) is 22.4 Å². The molecular weight excluding hydrogens is 352 g/mol. The molecule has 0 spiro atoms. The van der Waals surface area contributed by atoms with Crippen LogP contribution in [0, 0.1) is 0 Å². The fourth-order valence-corrected chi connectivity index (χ4v) is 4.52. The van der Waals surface area contributed by atoms with Crippen molar-refractivity contribution < 1.29 is 9.53 Å². The third-order valence-corrected chi connectivity index (χ3v) is 5.81. The van der Waals surface area contributed by atoms with Crippen molar-refractivity contribution in [3.8, 4) is 17.1 Å². The van der Waals surface area contributed by atoms with Gasteiger partial charge in [0.2, 0.25) is 5.91 Å². The van der Waals surface area contributed by atoms with Gasteiger partial charge < -0.3 is 10.1 Å². The Kier molecular flexibility index (Phi) is 3.93. The molecule has 3 aromatic rings. The van der Waals surface area contributed by atoms with E-state index in [0.29, 0.717) is 6.42 Å². The van der Waals surface area contributed by atoms with Crippen LogP contribution in [0.2, 0.25) is 0 Å². The second kappa shape index (κ2) is 6.48. The number of nitrogens with zero attached hydrogens (tertiary/aromatic N) is 3. The van der Waals surface area contributed by atoms with Gasteiger partial charge in [-0.15, -0.1) is 0 Å². The largest absolute Gasteiger partial charge is 0.496 e. The second-order valence-electron chi connectivity index (χ2n) is 7.47. The third kappa shape index (κ3) is 2.59. The Morgan fingerprint density at radius 2 is 2.04 bits per heavy atom. The number of anilines is 1. The third-order valence-electron chi connectivity index (χ3n) is 5.81. The van der Waals surface area contributed by atoms with Gasteiger partial charge in [-0.3, -0.25) is 14.5 Å². The minimum absolute atomic E-state index is 0.00405. The molecule has 0 saturated carbocycles. The lowest BCUT2D eigenvalue weighted by atomic mass is 9.83. The molecule has 1 aliphatic heterocycles. The number of aryl methyl sites for hydroxylation is 3. The van der Waals surface area contributed by atoms with E-state index in [0.717, 1.165) is 46.9 Å². The van der Waals surface area contributed by atoms with Crippen LogP contribution in [0.5, 0.6) is 5.75 Å². The zero-order valence-corrected chi connectivity index (χ0v) is 16.0. The maximum atomic E-state index is 12.5. The van der Waals surface area contributed by atoms with E-state index in [1.165, 1.54) is 17.5 Å². The lowest BCUT2D eigenvalue weighted by molar-refractivity contribution is -0.116. The summed E-state index contributed by atoms with van der Waals surface area (Å²) in [6.45, 7) is 0. The maximum Gasteiger partial charge on any atom is 0.226 e. The average molecular weight is 374 g/mol. The van der Waals surface area contributed by atoms with Gasteiger partial charge in [-0.25, -0.2) is 0 Å². The number of amides is 1. The van der Waals surface area contributed by atoms with Crippen LogP contribution in [-0.2, 0) is 24.7 Å². The SMILES string of the molecule is COc1cc2c(cc1[C@H]1CC(=O)Nc3c1c(-c1ccccn1)nn3C)CCC2. The summed E-state index contributed by atoms with van der Waals surface area (Å²) in [5.41, 5.74) is 6.41. The number of nitrogens with one attached hydrogen (secondary N) is 1. The highest BCUT2D eigenvalue weighted by Gasteiger charge is 2.35. The van der Waals surface area contributed by atoms with Gasteiger partial charge in [-0.05, 0) is 48.6 Å². The number of benzene rings is 1. The molecule has 5 rings (SSSR count). The van der Waals surface area contributed by atoms with Gasteiger partial charge in [0.1, 0.15) is 17.3 Å². The smallest absolute Gasteiger partial charge is 0.226 e. The van der Waals surface area contributed by atoms with Crippen molar-refractivity contribution in [1.82, 2.24) is 14.8 Å². The Hall–Kier alpha value is -3.15. The van der Waals surface area contributed by atoms with Crippen molar-refractivity contribution in [2.75, 3.05) is 12.4 Å². The highest BCUT2D eigenvalue weighted by Crippen LogP contribution is 2.46. The molecule has 2 aliphatic rings. The van der Waals surface area contributed by atoms with Crippen LogP contribution in [0.15, 0.2) is 36.5 Å². The lowest BCUT2D eigenvalue weighted by Gasteiger charge is -2.26.